The second-order valence-corrected chi connectivity index (χ2v) is 5.17. The van der Waals surface area contributed by atoms with Crippen molar-refractivity contribution in [3.63, 3.8) is 0 Å². The fourth-order valence-corrected chi connectivity index (χ4v) is 2.32. The first-order valence-electron chi connectivity index (χ1n) is 6.24. The first kappa shape index (κ1) is 14.7. The van der Waals surface area contributed by atoms with E-state index in [0.29, 0.717) is 12.8 Å². The largest absolute Gasteiger partial charge is 0.481 e. The van der Waals surface area contributed by atoms with Crippen LogP contribution in [0.25, 0.3) is 0 Å². The Morgan fingerprint density at radius 3 is 2.39 bits per heavy atom. The highest BCUT2D eigenvalue weighted by Crippen LogP contribution is 2.26. The van der Waals surface area contributed by atoms with E-state index in [1.54, 1.807) is 0 Å². The highest BCUT2D eigenvalue weighted by atomic mass is 16.4. The van der Waals surface area contributed by atoms with Gasteiger partial charge < -0.3 is 15.3 Å². The minimum Gasteiger partial charge on any atom is -0.481 e. The van der Waals surface area contributed by atoms with Crippen LogP contribution in [0.5, 0.6) is 0 Å². The van der Waals surface area contributed by atoms with Gasteiger partial charge in [0.15, 0.2) is 0 Å². The number of amides is 1. The van der Waals surface area contributed by atoms with Crippen molar-refractivity contribution in [3.05, 3.63) is 12.2 Å². The van der Waals surface area contributed by atoms with Crippen LogP contribution in [-0.2, 0) is 9.59 Å². The molecule has 102 valence electrons. The molecule has 1 unspecified atom stereocenters. The number of hydrogen-bond acceptors (Lipinski definition) is 3. The molecule has 0 aromatic carbocycles. The van der Waals surface area contributed by atoms with Crippen LogP contribution in [0.3, 0.4) is 0 Å². The Morgan fingerprint density at radius 1 is 1.33 bits per heavy atom. The number of aliphatic carboxylic acids is 1. The van der Waals surface area contributed by atoms with Crippen LogP contribution < -0.4 is 5.32 Å². The number of rotatable bonds is 5. The molecule has 1 amide bonds. The number of nitrogens with zero attached hydrogens (tertiary/aromatic N) is 1. The summed E-state index contributed by atoms with van der Waals surface area (Å²) in [6, 6.07) is 0.0212. The summed E-state index contributed by atoms with van der Waals surface area (Å²) in [4.78, 5) is 25.2. The maximum absolute atomic E-state index is 12.1. The Hall–Kier alpha value is -1.36. The minimum absolute atomic E-state index is 0.0212. The predicted molar refractivity (Wildman–Crippen MR) is 69.1 cm³/mol. The second kappa shape index (κ2) is 6.54. The van der Waals surface area contributed by atoms with E-state index in [0.717, 1.165) is 6.54 Å². The summed E-state index contributed by atoms with van der Waals surface area (Å²) in [6.45, 7) is 2.67. The maximum Gasteiger partial charge on any atom is 0.307 e. The van der Waals surface area contributed by atoms with E-state index in [1.165, 1.54) is 0 Å². The van der Waals surface area contributed by atoms with Gasteiger partial charge in [-0.1, -0.05) is 12.2 Å². The Kier molecular flexibility index (Phi) is 5.34. The van der Waals surface area contributed by atoms with E-state index in [1.807, 2.05) is 38.1 Å². The number of hydrogen-bond donors (Lipinski definition) is 2. The number of carbonyl (C=O) groups is 2. The van der Waals surface area contributed by atoms with Gasteiger partial charge in [0.25, 0.3) is 0 Å². The molecule has 0 saturated carbocycles. The van der Waals surface area contributed by atoms with E-state index in [2.05, 4.69) is 5.32 Å². The molecule has 0 fully saturated rings. The zero-order chi connectivity index (χ0) is 13.7. The summed E-state index contributed by atoms with van der Waals surface area (Å²) in [5.41, 5.74) is 0. The average Bonchev–Trinajstić information content (AvgIpc) is 2.27. The molecule has 1 aliphatic carbocycles. The smallest absolute Gasteiger partial charge is 0.307 e. The highest BCUT2D eigenvalue weighted by molar-refractivity contribution is 5.85. The molecule has 1 aliphatic rings. The van der Waals surface area contributed by atoms with Gasteiger partial charge in [-0.25, -0.2) is 0 Å². The third-order valence-corrected chi connectivity index (χ3v) is 3.11. The number of carbonyl (C=O) groups excluding carboxylic acids is 1. The van der Waals surface area contributed by atoms with Gasteiger partial charge in [-0.15, -0.1) is 0 Å². The molecule has 0 spiro atoms. The molecule has 0 saturated heterocycles. The predicted octanol–water partition coefficient (Wildman–Crippen LogP) is 0.720. The zero-order valence-corrected chi connectivity index (χ0v) is 11.2. The van der Waals surface area contributed by atoms with Gasteiger partial charge in [-0.3, -0.25) is 9.59 Å². The van der Waals surface area contributed by atoms with E-state index in [-0.39, 0.29) is 11.9 Å². The molecule has 2 N–H and O–H groups in total. The SMILES string of the molecule is CC(CN(C)C)NC(=O)[C@@H]1CC=CC[C@@H]1C(=O)O. The fraction of sp³-hybridized carbons (Fsp3) is 0.692. The van der Waals surface area contributed by atoms with Gasteiger partial charge in [0, 0.05) is 12.6 Å². The minimum atomic E-state index is -0.889. The fourth-order valence-electron chi connectivity index (χ4n) is 2.32. The quantitative estimate of drug-likeness (QED) is 0.709. The standard InChI is InChI=1S/C13H22N2O3/c1-9(8-15(2)3)14-12(16)10-6-4-5-7-11(10)13(17)18/h4-5,9-11H,6-8H2,1-3H3,(H,14,16)(H,17,18)/t9?,10-,11+/m1/s1. The molecule has 0 aliphatic heterocycles. The van der Waals surface area contributed by atoms with Crippen molar-refractivity contribution in [2.45, 2.75) is 25.8 Å². The van der Waals surface area contributed by atoms with Crippen LogP contribution in [0.4, 0.5) is 0 Å². The monoisotopic (exact) mass is 254 g/mol. The van der Waals surface area contributed by atoms with E-state index >= 15 is 0 Å². The first-order valence-corrected chi connectivity index (χ1v) is 6.24. The summed E-state index contributed by atoms with van der Waals surface area (Å²) in [7, 11) is 3.87. The van der Waals surface area contributed by atoms with Crippen molar-refractivity contribution in [2.75, 3.05) is 20.6 Å². The average molecular weight is 254 g/mol. The van der Waals surface area contributed by atoms with Crippen molar-refractivity contribution < 1.29 is 14.7 Å². The first-order chi connectivity index (χ1) is 8.41. The van der Waals surface area contributed by atoms with E-state index in [4.69, 9.17) is 5.11 Å². The lowest BCUT2D eigenvalue weighted by Gasteiger charge is -2.26. The molecular weight excluding hydrogens is 232 g/mol. The summed E-state index contributed by atoms with van der Waals surface area (Å²) >= 11 is 0. The maximum atomic E-state index is 12.1. The summed E-state index contributed by atoms with van der Waals surface area (Å²) in [6.07, 6.45) is 4.68. The Balaban J connectivity index is 2.59. The molecule has 0 heterocycles. The van der Waals surface area contributed by atoms with Crippen LogP contribution >= 0.6 is 0 Å². The van der Waals surface area contributed by atoms with Crippen LogP contribution in [-0.4, -0.2) is 48.6 Å². The second-order valence-electron chi connectivity index (χ2n) is 5.17. The lowest BCUT2D eigenvalue weighted by molar-refractivity contribution is -0.147. The van der Waals surface area contributed by atoms with Crippen molar-refractivity contribution >= 4 is 11.9 Å². The van der Waals surface area contributed by atoms with Gasteiger partial charge in [0.1, 0.15) is 0 Å². The number of allylic oxidation sites excluding steroid dienone is 2. The number of nitrogens with one attached hydrogen (secondary N) is 1. The van der Waals surface area contributed by atoms with Gasteiger partial charge in [-0.2, -0.15) is 0 Å². The third-order valence-electron chi connectivity index (χ3n) is 3.11. The lowest BCUT2D eigenvalue weighted by Crippen LogP contribution is -2.45. The molecule has 5 heteroatoms. The zero-order valence-electron chi connectivity index (χ0n) is 11.2. The number of likely N-dealkylation sites (N-methyl/N-ethyl adjacent to an activating group) is 1. The Morgan fingerprint density at radius 2 is 1.89 bits per heavy atom. The highest BCUT2D eigenvalue weighted by Gasteiger charge is 2.34. The van der Waals surface area contributed by atoms with Crippen molar-refractivity contribution in [1.29, 1.82) is 0 Å². The van der Waals surface area contributed by atoms with E-state index < -0.39 is 17.8 Å². The van der Waals surface area contributed by atoms with Crippen molar-refractivity contribution in [3.8, 4) is 0 Å². The van der Waals surface area contributed by atoms with Crippen molar-refractivity contribution in [1.82, 2.24) is 10.2 Å². The number of carboxylic acid groups (broad SMARTS) is 1. The van der Waals surface area contributed by atoms with Gasteiger partial charge in [-0.05, 0) is 33.9 Å². The summed E-state index contributed by atoms with van der Waals surface area (Å²) in [5.74, 6) is -2.08. The normalized spacial score (nSPS) is 24.9. The van der Waals surface area contributed by atoms with Crippen molar-refractivity contribution in [2.24, 2.45) is 11.8 Å². The molecule has 1 rings (SSSR count). The molecule has 5 nitrogen and oxygen atoms in total. The van der Waals surface area contributed by atoms with Crippen LogP contribution in [0.15, 0.2) is 12.2 Å². The lowest BCUT2D eigenvalue weighted by atomic mass is 9.82. The molecule has 0 aromatic heterocycles. The number of carboxylic acids is 1. The van der Waals surface area contributed by atoms with Crippen LogP contribution in [0, 0.1) is 11.8 Å². The molecule has 18 heavy (non-hydrogen) atoms. The van der Waals surface area contributed by atoms with Gasteiger partial charge in [0.2, 0.25) is 5.91 Å². The summed E-state index contributed by atoms with van der Waals surface area (Å²) < 4.78 is 0. The molecule has 0 aromatic rings. The van der Waals surface area contributed by atoms with Gasteiger partial charge in [0.05, 0.1) is 11.8 Å². The molecular formula is C13H22N2O3. The molecule has 0 bridgehead atoms. The van der Waals surface area contributed by atoms with Crippen LogP contribution in [0.2, 0.25) is 0 Å². The van der Waals surface area contributed by atoms with Crippen LogP contribution in [0.1, 0.15) is 19.8 Å². The van der Waals surface area contributed by atoms with E-state index in [9.17, 15) is 9.59 Å². The Bertz CT molecular complexity index is 339. The Labute approximate surface area is 108 Å². The molecule has 0 radical (unpaired) electrons. The third kappa shape index (κ3) is 4.14. The molecule has 3 atom stereocenters. The topological polar surface area (TPSA) is 69.6 Å². The summed E-state index contributed by atoms with van der Waals surface area (Å²) in [5, 5.41) is 12.0. The van der Waals surface area contributed by atoms with Gasteiger partial charge >= 0.3 is 5.97 Å².